The quantitative estimate of drug-likeness (QED) is 0.522. The third kappa shape index (κ3) is 7.17. The molecule has 0 bridgehead atoms. The molecule has 0 aliphatic heterocycles. The normalized spacial score (nSPS) is 10.8. The number of carboxylic acid groups (broad SMARTS) is 1. The van der Waals surface area contributed by atoms with Gasteiger partial charge in [-0.25, -0.2) is 4.79 Å². The molecule has 0 atom stereocenters. The van der Waals surface area contributed by atoms with Crippen LogP contribution in [-0.4, -0.2) is 66.1 Å². The third-order valence-corrected chi connectivity index (χ3v) is 2.60. The molecule has 0 aromatic carbocycles. The van der Waals surface area contributed by atoms with Gasteiger partial charge in [0, 0.05) is 20.3 Å². The van der Waals surface area contributed by atoms with Crippen LogP contribution in [0.2, 0.25) is 0 Å². The number of methoxy groups -OCH3 is 1. The topological polar surface area (TPSA) is 98.5 Å². The van der Waals surface area contributed by atoms with Gasteiger partial charge in [0.2, 0.25) is 0 Å². The lowest BCUT2D eigenvalue weighted by Crippen LogP contribution is -2.21. The highest BCUT2D eigenvalue weighted by Crippen LogP contribution is 1.92. The van der Waals surface area contributed by atoms with Crippen LogP contribution in [0, 0.1) is 0 Å². The molecule has 1 aromatic heterocycles. The van der Waals surface area contributed by atoms with E-state index in [1.807, 2.05) is 0 Å². The summed E-state index contributed by atoms with van der Waals surface area (Å²) in [6, 6.07) is 0. The lowest BCUT2D eigenvalue weighted by Gasteiger charge is -2.05. The molecule has 0 aliphatic rings. The zero-order valence-electron chi connectivity index (χ0n) is 11.7. The molecule has 1 heterocycles. The molecule has 0 radical (unpaired) electrons. The average molecular weight is 286 g/mol. The van der Waals surface area contributed by atoms with Crippen LogP contribution in [0.25, 0.3) is 0 Å². The van der Waals surface area contributed by atoms with Crippen LogP contribution in [0.15, 0.2) is 6.20 Å². The number of nitrogens with zero attached hydrogens (tertiary/aromatic N) is 3. The number of rotatable bonds is 12. The second-order valence-corrected chi connectivity index (χ2v) is 4.23. The molecule has 0 spiro atoms. The lowest BCUT2D eigenvalue weighted by atomic mass is 10.3. The molecule has 2 N–H and O–H groups in total. The van der Waals surface area contributed by atoms with Gasteiger partial charge in [0.05, 0.1) is 26.0 Å². The summed E-state index contributed by atoms with van der Waals surface area (Å²) in [6.45, 7) is 4.25. The van der Waals surface area contributed by atoms with Gasteiger partial charge in [0.1, 0.15) is 0 Å². The number of ether oxygens (including phenoxy) is 2. The Kier molecular flexibility index (Phi) is 8.52. The van der Waals surface area contributed by atoms with Crippen molar-refractivity contribution in [2.45, 2.75) is 19.4 Å². The number of aromatic carboxylic acids is 1. The molecule has 8 nitrogen and oxygen atoms in total. The maximum Gasteiger partial charge on any atom is 0.358 e. The van der Waals surface area contributed by atoms with E-state index >= 15 is 0 Å². The summed E-state index contributed by atoms with van der Waals surface area (Å²) in [4.78, 5) is 10.6. The van der Waals surface area contributed by atoms with Crippen molar-refractivity contribution in [3.63, 3.8) is 0 Å². The summed E-state index contributed by atoms with van der Waals surface area (Å²) in [5.41, 5.74) is -0.0294. The fourth-order valence-corrected chi connectivity index (χ4v) is 1.52. The van der Waals surface area contributed by atoms with Crippen molar-refractivity contribution in [3.05, 3.63) is 11.9 Å². The molecule has 0 saturated carbocycles. The number of carboxylic acids is 1. The maximum atomic E-state index is 10.6. The Hall–Kier alpha value is -1.51. The van der Waals surface area contributed by atoms with Crippen LogP contribution in [0.3, 0.4) is 0 Å². The van der Waals surface area contributed by atoms with Crippen molar-refractivity contribution in [3.8, 4) is 0 Å². The maximum absolute atomic E-state index is 10.6. The van der Waals surface area contributed by atoms with Gasteiger partial charge in [0.25, 0.3) is 0 Å². The molecular weight excluding hydrogens is 264 g/mol. The van der Waals surface area contributed by atoms with Gasteiger partial charge in [-0.3, -0.25) is 4.68 Å². The monoisotopic (exact) mass is 286 g/mol. The van der Waals surface area contributed by atoms with Crippen LogP contribution in [0.5, 0.6) is 0 Å². The summed E-state index contributed by atoms with van der Waals surface area (Å²) >= 11 is 0. The highest BCUT2D eigenvalue weighted by Gasteiger charge is 2.07. The van der Waals surface area contributed by atoms with Crippen LogP contribution in [0.1, 0.15) is 23.3 Å². The van der Waals surface area contributed by atoms with E-state index in [1.165, 1.54) is 10.9 Å². The number of hydrogen-bond acceptors (Lipinski definition) is 6. The van der Waals surface area contributed by atoms with Gasteiger partial charge >= 0.3 is 5.97 Å². The van der Waals surface area contributed by atoms with Crippen molar-refractivity contribution in [1.29, 1.82) is 0 Å². The van der Waals surface area contributed by atoms with Gasteiger partial charge in [0.15, 0.2) is 5.69 Å². The van der Waals surface area contributed by atoms with Crippen LogP contribution >= 0.6 is 0 Å². The zero-order valence-corrected chi connectivity index (χ0v) is 11.7. The summed E-state index contributed by atoms with van der Waals surface area (Å²) < 4.78 is 11.7. The molecule has 0 saturated heterocycles. The number of unbranched alkanes of at least 4 members (excludes halogenated alkanes) is 1. The van der Waals surface area contributed by atoms with E-state index in [1.54, 1.807) is 7.11 Å². The first-order chi connectivity index (χ1) is 9.74. The van der Waals surface area contributed by atoms with E-state index in [4.69, 9.17) is 14.6 Å². The molecule has 0 aliphatic carbocycles. The Bertz CT molecular complexity index is 383. The average Bonchev–Trinajstić information content (AvgIpc) is 2.90. The second-order valence-electron chi connectivity index (χ2n) is 4.23. The molecular formula is C12H22N4O4. The molecule has 114 valence electrons. The smallest absolute Gasteiger partial charge is 0.358 e. The Balaban J connectivity index is 1.93. The first kappa shape index (κ1) is 16.5. The van der Waals surface area contributed by atoms with Gasteiger partial charge in [-0.05, 0) is 19.4 Å². The van der Waals surface area contributed by atoms with Crippen molar-refractivity contribution in [1.82, 2.24) is 20.3 Å². The summed E-state index contributed by atoms with van der Waals surface area (Å²) in [5, 5.41) is 19.2. The van der Waals surface area contributed by atoms with E-state index in [-0.39, 0.29) is 5.69 Å². The van der Waals surface area contributed by atoms with Gasteiger partial charge in [-0.2, -0.15) is 0 Å². The molecule has 0 amide bonds. The van der Waals surface area contributed by atoms with E-state index in [9.17, 15) is 4.79 Å². The van der Waals surface area contributed by atoms with Crippen molar-refractivity contribution < 1.29 is 19.4 Å². The molecule has 0 unspecified atom stereocenters. The highest BCUT2D eigenvalue weighted by atomic mass is 16.5. The van der Waals surface area contributed by atoms with Crippen molar-refractivity contribution in [2.75, 3.05) is 40.0 Å². The minimum atomic E-state index is -1.06. The first-order valence-electron chi connectivity index (χ1n) is 6.65. The molecule has 1 rings (SSSR count). The lowest BCUT2D eigenvalue weighted by molar-refractivity contribution is 0.0688. The fraction of sp³-hybridized carbons (Fsp3) is 0.750. The van der Waals surface area contributed by atoms with Crippen molar-refractivity contribution >= 4 is 5.97 Å². The minimum Gasteiger partial charge on any atom is -0.476 e. The first-order valence-corrected chi connectivity index (χ1v) is 6.65. The Morgan fingerprint density at radius 3 is 2.90 bits per heavy atom. The predicted octanol–water partition coefficient (Wildman–Crippen LogP) is 0.00910. The standard InChI is InChI=1S/C12H22N4O4/c1-19-8-9-20-7-3-2-4-13-5-6-16-10-11(12(17)18)14-15-16/h10,13H,2-9H2,1H3,(H,17,18). The molecule has 20 heavy (non-hydrogen) atoms. The highest BCUT2D eigenvalue weighted by molar-refractivity contribution is 5.84. The Morgan fingerprint density at radius 1 is 1.35 bits per heavy atom. The Labute approximate surface area is 118 Å². The van der Waals surface area contributed by atoms with Crippen molar-refractivity contribution in [2.24, 2.45) is 0 Å². The SMILES string of the molecule is COCCOCCCCNCCn1cc(C(=O)O)nn1. The number of aromatic nitrogens is 3. The Morgan fingerprint density at radius 2 is 2.20 bits per heavy atom. The zero-order chi connectivity index (χ0) is 14.6. The number of hydrogen-bond donors (Lipinski definition) is 2. The van der Waals surface area contributed by atoms with E-state index in [2.05, 4.69) is 15.6 Å². The van der Waals surface area contributed by atoms with Crippen LogP contribution in [0.4, 0.5) is 0 Å². The number of nitrogens with one attached hydrogen (secondary N) is 1. The largest absolute Gasteiger partial charge is 0.476 e. The predicted molar refractivity (Wildman–Crippen MR) is 71.8 cm³/mol. The van der Waals surface area contributed by atoms with Gasteiger partial charge in [-0.1, -0.05) is 5.21 Å². The van der Waals surface area contributed by atoms with Gasteiger partial charge in [-0.15, -0.1) is 5.10 Å². The molecule has 0 fully saturated rings. The fourth-order valence-electron chi connectivity index (χ4n) is 1.52. The summed E-state index contributed by atoms with van der Waals surface area (Å²) in [6.07, 6.45) is 3.46. The van der Waals surface area contributed by atoms with E-state index in [0.29, 0.717) is 19.8 Å². The van der Waals surface area contributed by atoms with E-state index < -0.39 is 5.97 Å². The minimum absolute atomic E-state index is 0.0294. The number of carbonyl (C=O) groups is 1. The molecule has 1 aromatic rings. The van der Waals surface area contributed by atoms with Crippen LogP contribution in [-0.2, 0) is 16.0 Å². The van der Waals surface area contributed by atoms with E-state index in [0.717, 1.165) is 32.5 Å². The molecule has 8 heteroatoms. The van der Waals surface area contributed by atoms with Crippen LogP contribution < -0.4 is 5.32 Å². The summed E-state index contributed by atoms with van der Waals surface area (Å²) in [7, 11) is 1.65. The third-order valence-electron chi connectivity index (χ3n) is 2.60. The second kappa shape index (κ2) is 10.3. The van der Waals surface area contributed by atoms with Gasteiger partial charge < -0.3 is 19.9 Å². The summed E-state index contributed by atoms with van der Waals surface area (Å²) in [5.74, 6) is -1.06.